The largest absolute Gasteiger partial charge is 0.338 e. The van der Waals surface area contributed by atoms with Crippen LogP contribution in [-0.4, -0.2) is 55.9 Å². The van der Waals surface area contributed by atoms with E-state index in [9.17, 15) is 14.4 Å². The first-order chi connectivity index (χ1) is 15.3. The van der Waals surface area contributed by atoms with Gasteiger partial charge >= 0.3 is 0 Å². The molecule has 1 aliphatic heterocycles. The molecule has 1 aliphatic rings. The third-order valence-corrected chi connectivity index (χ3v) is 7.28. The quantitative estimate of drug-likeness (QED) is 0.498. The summed E-state index contributed by atoms with van der Waals surface area (Å²) in [6.07, 6.45) is 1.57. The first kappa shape index (κ1) is 22.1. The molecule has 3 N–H and O–H groups in total. The molecule has 0 unspecified atom stereocenters. The molecule has 0 atom stereocenters. The molecule has 168 valence electrons. The molecule has 12 heteroatoms. The summed E-state index contributed by atoms with van der Waals surface area (Å²) < 4.78 is 0. The number of aryl methyl sites for hydroxylation is 3. The van der Waals surface area contributed by atoms with Gasteiger partial charge in [-0.15, -0.1) is 22.7 Å². The SMILES string of the molecule is Cc1cc(C(=O)NNC(=O)c2csc(C3CCN(C(=O)c4sc(C)nc4C)CC3)n2)n[nH]1. The Morgan fingerprint density at radius 1 is 1.06 bits per heavy atom. The van der Waals surface area contributed by atoms with Crippen molar-refractivity contribution in [3.63, 3.8) is 0 Å². The first-order valence-corrected chi connectivity index (χ1v) is 11.8. The fourth-order valence-electron chi connectivity index (χ4n) is 3.56. The second-order valence-electron chi connectivity index (χ2n) is 7.63. The average molecular weight is 474 g/mol. The minimum Gasteiger partial charge on any atom is -0.338 e. The lowest BCUT2D eigenvalue weighted by Gasteiger charge is -2.30. The van der Waals surface area contributed by atoms with Crippen LogP contribution < -0.4 is 10.9 Å². The van der Waals surface area contributed by atoms with Gasteiger partial charge in [0.25, 0.3) is 17.7 Å². The fraction of sp³-hybridized carbons (Fsp3) is 0.400. The van der Waals surface area contributed by atoms with Gasteiger partial charge in [0, 0.05) is 30.1 Å². The number of hydrogen-bond donors (Lipinski definition) is 3. The number of nitrogens with zero attached hydrogens (tertiary/aromatic N) is 4. The van der Waals surface area contributed by atoms with E-state index in [0.717, 1.165) is 34.2 Å². The van der Waals surface area contributed by atoms with Crippen molar-refractivity contribution in [2.24, 2.45) is 0 Å². The maximum absolute atomic E-state index is 12.8. The normalized spacial score (nSPS) is 14.4. The molecule has 0 saturated carbocycles. The molecule has 3 aromatic rings. The zero-order valence-corrected chi connectivity index (χ0v) is 19.5. The molecule has 10 nitrogen and oxygen atoms in total. The lowest BCUT2D eigenvalue weighted by atomic mass is 9.97. The Morgan fingerprint density at radius 3 is 2.34 bits per heavy atom. The smallest absolute Gasteiger partial charge is 0.290 e. The third kappa shape index (κ3) is 4.70. The van der Waals surface area contributed by atoms with Crippen molar-refractivity contribution in [2.45, 2.75) is 39.5 Å². The number of carbonyl (C=O) groups excluding carboxylic acids is 3. The Hall–Kier alpha value is -3.12. The summed E-state index contributed by atoms with van der Waals surface area (Å²) in [5, 5.41) is 9.95. The number of piperidine rings is 1. The Balaban J connectivity index is 1.30. The molecule has 4 heterocycles. The second-order valence-corrected chi connectivity index (χ2v) is 9.72. The van der Waals surface area contributed by atoms with E-state index in [1.165, 1.54) is 22.7 Å². The zero-order valence-electron chi connectivity index (χ0n) is 17.9. The number of hydrazine groups is 1. The van der Waals surface area contributed by atoms with E-state index in [2.05, 4.69) is 31.0 Å². The highest BCUT2D eigenvalue weighted by Gasteiger charge is 2.28. The number of aromatic amines is 1. The first-order valence-electron chi connectivity index (χ1n) is 10.1. The molecule has 4 rings (SSSR count). The van der Waals surface area contributed by atoms with Gasteiger partial charge in [-0.2, -0.15) is 5.10 Å². The topological polar surface area (TPSA) is 133 Å². The van der Waals surface area contributed by atoms with Crippen LogP contribution in [0.15, 0.2) is 11.4 Å². The summed E-state index contributed by atoms with van der Waals surface area (Å²) in [7, 11) is 0. The molecule has 32 heavy (non-hydrogen) atoms. The number of rotatable bonds is 4. The van der Waals surface area contributed by atoms with Crippen molar-refractivity contribution in [1.82, 2.24) is 35.9 Å². The summed E-state index contributed by atoms with van der Waals surface area (Å²) >= 11 is 2.85. The minimum atomic E-state index is -0.512. The summed E-state index contributed by atoms with van der Waals surface area (Å²) in [5.74, 6) is -0.775. The Kier molecular flexibility index (Phi) is 6.33. The summed E-state index contributed by atoms with van der Waals surface area (Å²) in [6.45, 7) is 6.82. The predicted octanol–water partition coefficient (Wildman–Crippen LogP) is 2.34. The van der Waals surface area contributed by atoms with E-state index in [1.807, 2.05) is 18.7 Å². The van der Waals surface area contributed by atoms with Crippen LogP contribution >= 0.6 is 22.7 Å². The van der Waals surface area contributed by atoms with E-state index >= 15 is 0 Å². The van der Waals surface area contributed by atoms with Crippen LogP contribution in [0.25, 0.3) is 0 Å². The van der Waals surface area contributed by atoms with Crippen LogP contribution in [0.1, 0.15) is 70.8 Å². The molecule has 3 aromatic heterocycles. The number of likely N-dealkylation sites (tertiary alicyclic amines) is 1. The zero-order chi connectivity index (χ0) is 22.8. The molecule has 3 amide bonds. The van der Waals surface area contributed by atoms with Crippen molar-refractivity contribution in [2.75, 3.05) is 13.1 Å². The molecule has 1 fully saturated rings. The monoisotopic (exact) mass is 473 g/mol. The number of aromatic nitrogens is 4. The van der Waals surface area contributed by atoms with Gasteiger partial charge in [-0.3, -0.25) is 30.3 Å². The van der Waals surface area contributed by atoms with Crippen molar-refractivity contribution < 1.29 is 14.4 Å². The molecule has 0 spiro atoms. The van der Waals surface area contributed by atoms with Gasteiger partial charge in [-0.25, -0.2) is 9.97 Å². The van der Waals surface area contributed by atoms with Gasteiger partial charge in [-0.1, -0.05) is 0 Å². The highest BCUT2D eigenvalue weighted by Crippen LogP contribution is 2.31. The van der Waals surface area contributed by atoms with E-state index in [4.69, 9.17) is 0 Å². The van der Waals surface area contributed by atoms with Crippen LogP contribution in [0.5, 0.6) is 0 Å². The van der Waals surface area contributed by atoms with E-state index in [1.54, 1.807) is 18.4 Å². The molecular weight excluding hydrogens is 450 g/mol. The van der Waals surface area contributed by atoms with E-state index in [-0.39, 0.29) is 23.2 Å². The maximum atomic E-state index is 12.8. The average Bonchev–Trinajstić information content (AvgIpc) is 3.51. The van der Waals surface area contributed by atoms with Crippen LogP contribution in [0.2, 0.25) is 0 Å². The van der Waals surface area contributed by atoms with Crippen LogP contribution in [-0.2, 0) is 0 Å². The Bertz CT molecular complexity index is 1160. The molecular formula is C20H23N7O3S2. The van der Waals surface area contributed by atoms with Crippen molar-refractivity contribution >= 4 is 40.4 Å². The van der Waals surface area contributed by atoms with Crippen LogP contribution in [0.3, 0.4) is 0 Å². The number of carbonyl (C=O) groups is 3. The minimum absolute atomic E-state index is 0.0357. The predicted molar refractivity (Wildman–Crippen MR) is 120 cm³/mol. The van der Waals surface area contributed by atoms with Gasteiger partial charge in [0.15, 0.2) is 5.69 Å². The Labute approximate surface area is 192 Å². The number of hydrogen-bond acceptors (Lipinski definition) is 8. The van der Waals surface area contributed by atoms with Crippen molar-refractivity contribution in [3.8, 4) is 0 Å². The molecule has 0 radical (unpaired) electrons. The number of H-pyrrole nitrogens is 1. The highest BCUT2D eigenvalue weighted by atomic mass is 32.1. The standard InChI is InChI=1S/C20H23N7O3S2/c1-10-8-14(24-23-10)17(28)25-26-18(29)15-9-31-19(22-15)13-4-6-27(7-5-13)20(30)16-11(2)21-12(3)32-16/h8-9,13H,4-7H2,1-3H3,(H,23,24)(H,25,28)(H,26,29). The van der Waals surface area contributed by atoms with Gasteiger partial charge in [0.2, 0.25) is 0 Å². The van der Waals surface area contributed by atoms with Crippen molar-refractivity contribution in [1.29, 1.82) is 0 Å². The van der Waals surface area contributed by atoms with Gasteiger partial charge < -0.3 is 4.90 Å². The Morgan fingerprint density at radius 2 is 1.75 bits per heavy atom. The maximum Gasteiger partial charge on any atom is 0.290 e. The van der Waals surface area contributed by atoms with Crippen LogP contribution in [0.4, 0.5) is 0 Å². The van der Waals surface area contributed by atoms with E-state index in [0.29, 0.717) is 18.0 Å². The van der Waals surface area contributed by atoms with Crippen molar-refractivity contribution in [3.05, 3.63) is 49.1 Å². The lowest BCUT2D eigenvalue weighted by molar-refractivity contribution is 0.0716. The number of amides is 3. The molecule has 0 aliphatic carbocycles. The molecule has 0 aromatic carbocycles. The third-order valence-electron chi connectivity index (χ3n) is 5.21. The summed E-state index contributed by atoms with van der Waals surface area (Å²) in [5.41, 5.74) is 6.66. The van der Waals surface area contributed by atoms with Gasteiger partial charge in [0.1, 0.15) is 10.6 Å². The lowest BCUT2D eigenvalue weighted by Crippen LogP contribution is -2.42. The van der Waals surface area contributed by atoms with Gasteiger partial charge in [-0.05, 0) is 39.7 Å². The number of thiazole rings is 2. The highest BCUT2D eigenvalue weighted by molar-refractivity contribution is 7.13. The fourth-order valence-corrected chi connectivity index (χ4v) is 5.42. The second kappa shape index (κ2) is 9.17. The number of nitrogens with one attached hydrogen (secondary N) is 3. The summed E-state index contributed by atoms with van der Waals surface area (Å²) in [4.78, 5) is 48.5. The molecule has 0 bridgehead atoms. The van der Waals surface area contributed by atoms with Crippen LogP contribution in [0, 0.1) is 20.8 Å². The van der Waals surface area contributed by atoms with E-state index < -0.39 is 11.8 Å². The summed E-state index contributed by atoms with van der Waals surface area (Å²) in [6, 6.07) is 1.58. The molecule has 1 saturated heterocycles. The van der Waals surface area contributed by atoms with Gasteiger partial charge in [0.05, 0.1) is 15.7 Å².